The highest BCUT2D eigenvalue weighted by Gasteiger charge is 2.61. The lowest BCUT2D eigenvalue weighted by atomic mass is 9.83. The smallest absolute Gasteiger partial charge is 0.233 e. The molecule has 3 rings (SSSR count). The van der Waals surface area contributed by atoms with Gasteiger partial charge in [0.2, 0.25) is 11.8 Å². The molecule has 1 heterocycles. The summed E-state index contributed by atoms with van der Waals surface area (Å²) in [7, 11) is 0. The van der Waals surface area contributed by atoms with Gasteiger partial charge in [0, 0.05) is 0 Å². The number of hydrogen-bond donors (Lipinski definition) is 1. The van der Waals surface area contributed by atoms with Crippen LogP contribution in [0.2, 0.25) is 0 Å². The van der Waals surface area contributed by atoms with Gasteiger partial charge < -0.3 is 5.73 Å². The number of hydrogen-bond acceptors (Lipinski definition) is 3. The van der Waals surface area contributed by atoms with Crippen molar-refractivity contribution in [3.8, 4) is 0 Å². The fourth-order valence-corrected chi connectivity index (χ4v) is 3.80. The van der Waals surface area contributed by atoms with E-state index in [0.717, 1.165) is 32.1 Å². The SMILES string of the molecule is NC(=S)C(C1CCCCC1)N1C(=O)C2CC2C1=O. The quantitative estimate of drug-likeness (QED) is 0.616. The summed E-state index contributed by atoms with van der Waals surface area (Å²) in [6.45, 7) is 0. The number of imide groups is 1. The molecule has 2 saturated carbocycles. The lowest BCUT2D eigenvalue weighted by molar-refractivity contribution is -0.143. The van der Waals surface area contributed by atoms with Crippen molar-refractivity contribution < 1.29 is 9.59 Å². The summed E-state index contributed by atoms with van der Waals surface area (Å²) in [5.74, 6) is 0.0966. The first kappa shape index (κ1) is 12.1. The highest BCUT2D eigenvalue weighted by molar-refractivity contribution is 7.80. The van der Waals surface area contributed by atoms with Crippen LogP contribution >= 0.6 is 12.2 Å². The highest BCUT2D eigenvalue weighted by Crippen LogP contribution is 2.48. The van der Waals surface area contributed by atoms with Gasteiger partial charge in [0.05, 0.1) is 22.9 Å². The van der Waals surface area contributed by atoms with E-state index in [-0.39, 0.29) is 35.6 Å². The number of likely N-dealkylation sites (tertiary alicyclic amines) is 1. The van der Waals surface area contributed by atoms with Crippen molar-refractivity contribution >= 4 is 29.0 Å². The molecule has 3 atom stereocenters. The van der Waals surface area contributed by atoms with Crippen LogP contribution in [0.5, 0.6) is 0 Å². The van der Waals surface area contributed by atoms with Crippen molar-refractivity contribution in [2.75, 3.05) is 0 Å². The van der Waals surface area contributed by atoms with Gasteiger partial charge >= 0.3 is 0 Å². The van der Waals surface area contributed by atoms with Gasteiger partial charge in [0.25, 0.3) is 0 Å². The zero-order valence-corrected chi connectivity index (χ0v) is 11.1. The Labute approximate surface area is 112 Å². The standard InChI is InChI=1S/C13H18N2O2S/c14-11(18)10(7-4-2-1-3-5-7)15-12(16)8-6-9(8)13(15)17/h7-10H,1-6H2,(H2,14,18). The Morgan fingerprint density at radius 1 is 1.17 bits per heavy atom. The molecule has 0 aromatic heterocycles. The molecule has 5 heteroatoms. The normalized spacial score (nSPS) is 33.4. The van der Waals surface area contributed by atoms with Crippen LogP contribution in [0, 0.1) is 17.8 Å². The van der Waals surface area contributed by atoms with Crippen molar-refractivity contribution in [3.63, 3.8) is 0 Å². The molecule has 0 aromatic rings. The first-order valence-electron chi connectivity index (χ1n) is 6.77. The van der Waals surface area contributed by atoms with E-state index in [2.05, 4.69) is 0 Å². The highest BCUT2D eigenvalue weighted by atomic mass is 32.1. The second kappa shape index (κ2) is 4.30. The first-order valence-corrected chi connectivity index (χ1v) is 7.18. The van der Waals surface area contributed by atoms with E-state index in [0.29, 0.717) is 4.99 Å². The average Bonchev–Trinajstić information content (AvgIpc) is 3.10. The van der Waals surface area contributed by atoms with Crippen LogP contribution < -0.4 is 5.73 Å². The largest absolute Gasteiger partial charge is 0.392 e. The number of carbonyl (C=O) groups is 2. The van der Waals surface area contributed by atoms with Gasteiger partial charge in [0.15, 0.2) is 0 Å². The van der Waals surface area contributed by atoms with Crippen LogP contribution in [-0.2, 0) is 9.59 Å². The van der Waals surface area contributed by atoms with Crippen LogP contribution in [0.25, 0.3) is 0 Å². The predicted molar refractivity (Wildman–Crippen MR) is 70.6 cm³/mol. The van der Waals surface area contributed by atoms with E-state index in [1.807, 2.05) is 0 Å². The average molecular weight is 266 g/mol. The molecule has 1 saturated heterocycles. The van der Waals surface area contributed by atoms with Gasteiger partial charge in [-0.25, -0.2) is 0 Å². The van der Waals surface area contributed by atoms with Gasteiger partial charge in [-0.05, 0) is 25.2 Å². The molecule has 1 aliphatic heterocycles. The van der Waals surface area contributed by atoms with Gasteiger partial charge in [-0.15, -0.1) is 0 Å². The molecule has 3 unspecified atom stereocenters. The number of fused-ring (bicyclic) bond motifs is 1. The second-order valence-electron chi connectivity index (χ2n) is 5.74. The number of nitrogens with zero attached hydrogens (tertiary/aromatic N) is 1. The van der Waals surface area contributed by atoms with Gasteiger partial charge in [0.1, 0.15) is 0 Å². The van der Waals surface area contributed by atoms with E-state index in [1.165, 1.54) is 11.3 Å². The molecule has 98 valence electrons. The van der Waals surface area contributed by atoms with E-state index in [1.54, 1.807) is 0 Å². The lowest BCUT2D eigenvalue weighted by Crippen LogP contribution is -2.52. The topological polar surface area (TPSA) is 63.4 Å². The number of thiocarbonyl (C=S) groups is 1. The maximum Gasteiger partial charge on any atom is 0.233 e. The third kappa shape index (κ3) is 1.76. The van der Waals surface area contributed by atoms with Crippen molar-refractivity contribution in [2.24, 2.45) is 23.5 Å². The molecule has 3 aliphatic rings. The Balaban J connectivity index is 1.83. The summed E-state index contributed by atoms with van der Waals surface area (Å²) in [5.41, 5.74) is 5.82. The Morgan fingerprint density at radius 3 is 2.22 bits per heavy atom. The van der Waals surface area contributed by atoms with E-state index >= 15 is 0 Å². The summed E-state index contributed by atoms with van der Waals surface area (Å²) < 4.78 is 0. The zero-order chi connectivity index (χ0) is 12.9. The van der Waals surface area contributed by atoms with Gasteiger partial charge in [-0.2, -0.15) is 0 Å². The molecule has 2 amide bonds. The minimum Gasteiger partial charge on any atom is -0.392 e. The minimum absolute atomic E-state index is 0.0339. The van der Waals surface area contributed by atoms with Crippen molar-refractivity contribution in [1.82, 2.24) is 4.90 Å². The summed E-state index contributed by atoms with van der Waals surface area (Å²) in [5, 5.41) is 0. The van der Waals surface area contributed by atoms with Gasteiger partial charge in [-0.1, -0.05) is 31.5 Å². The van der Waals surface area contributed by atoms with E-state index in [9.17, 15) is 9.59 Å². The molecule has 18 heavy (non-hydrogen) atoms. The number of amides is 2. The fraction of sp³-hybridized carbons (Fsp3) is 0.769. The Kier molecular flexibility index (Phi) is 2.88. The van der Waals surface area contributed by atoms with Crippen LogP contribution in [0.3, 0.4) is 0 Å². The maximum atomic E-state index is 12.1. The number of carbonyl (C=O) groups excluding carboxylic acids is 2. The van der Waals surface area contributed by atoms with Crippen molar-refractivity contribution in [3.05, 3.63) is 0 Å². The maximum absolute atomic E-state index is 12.1. The van der Waals surface area contributed by atoms with E-state index < -0.39 is 0 Å². The van der Waals surface area contributed by atoms with Crippen LogP contribution in [0.15, 0.2) is 0 Å². The summed E-state index contributed by atoms with van der Waals surface area (Å²) >= 11 is 5.13. The summed E-state index contributed by atoms with van der Waals surface area (Å²) in [4.78, 5) is 26.0. The van der Waals surface area contributed by atoms with Crippen LogP contribution in [0.1, 0.15) is 38.5 Å². The monoisotopic (exact) mass is 266 g/mol. The Morgan fingerprint density at radius 2 is 1.72 bits per heavy atom. The number of piperidine rings is 1. The molecule has 0 spiro atoms. The fourth-order valence-electron chi connectivity index (χ4n) is 3.50. The summed E-state index contributed by atoms with van der Waals surface area (Å²) in [6.07, 6.45) is 6.30. The number of nitrogens with two attached hydrogens (primary N) is 1. The molecule has 4 nitrogen and oxygen atoms in total. The number of rotatable bonds is 3. The lowest BCUT2D eigenvalue weighted by Gasteiger charge is -2.35. The molecule has 0 bridgehead atoms. The van der Waals surface area contributed by atoms with Gasteiger partial charge in [-0.3, -0.25) is 14.5 Å². The Bertz CT molecular complexity index is 397. The Hall–Kier alpha value is -0.970. The third-order valence-electron chi connectivity index (χ3n) is 4.57. The molecular weight excluding hydrogens is 248 g/mol. The first-order chi connectivity index (χ1) is 8.61. The molecule has 0 aromatic carbocycles. The zero-order valence-electron chi connectivity index (χ0n) is 10.3. The van der Waals surface area contributed by atoms with Crippen LogP contribution in [0.4, 0.5) is 0 Å². The van der Waals surface area contributed by atoms with Crippen LogP contribution in [-0.4, -0.2) is 27.7 Å². The molecule has 3 fully saturated rings. The molecular formula is C13H18N2O2S. The summed E-state index contributed by atoms with van der Waals surface area (Å²) in [6, 6.07) is -0.326. The molecule has 2 aliphatic carbocycles. The third-order valence-corrected chi connectivity index (χ3v) is 4.81. The van der Waals surface area contributed by atoms with E-state index in [4.69, 9.17) is 18.0 Å². The predicted octanol–water partition coefficient (Wildman–Crippen LogP) is 1.23. The van der Waals surface area contributed by atoms with Crippen molar-refractivity contribution in [2.45, 2.75) is 44.6 Å². The minimum atomic E-state index is -0.326. The van der Waals surface area contributed by atoms with Crippen molar-refractivity contribution in [1.29, 1.82) is 0 Å². The molecule has 0 radical (unpaired) electrons. The second-order valence-corrected chi connectivity index (χ2v) is 6.21. The molecule has 2 N–H and O–H groups in total.